The SMILES string of the molecule is CCC(NC(=O)OC(C)(C)C)C(=O)n1cc(CCN(C)C)c2cc(C)ccc21. The number of aromatic nitrogens is 1. The van der Waals surface area contributed by atoms with Gasteiger partial charge in [-0.2, -0.15) is 0 Å². The Labute approximate surface area is 167 Å². The van der Waals surface area contributed by atoms with Gasteiger partial charge in [-0.1, -0.05) is 18.6 Å². The molecule has 1 unspecified atom stereocenters. The minimum Gasteiger partial charge on any atom is -0.444 e. The lowest BCUT2D eigenvalue weighted by Crippen LogP contribution is -2.44. The number of nitrogens with zero attached hydrogens (tertiary/aromatic N) is 2. The van der Waals surface area contributed by atoms with E-state index >= 15 is 0 Å². The molecule has 1 aromatic carbocycles. The van der Waals surface area contributed by atoms with Gasteiger partial charge in [-0.3, -0.25) is 9.36 Å². The summed E-state index contributed by atoms with van der Waals surface area (Å²) in [6.45, 7) is 10.2. The molecule has 1 aromatic heterocycles. The maximum absolute atomic E-state index is 13.2. The van der Waals surface area contributed by atoms with E-state index in [0.29, 0.717) is 6.42 Å². The first kappa shape index (κ1) is 22.0. The molecule has 0 bridgehead atoms. The van der Waals surface area contributed by atoms with Gasteiger partial charge < -0.3 is 15.0 Å². The number of hydrogen-bond donors (Lipinski definition) is 1. The summed E-state index contributed by atoms with van der Waals surface area (Å²) in [6.07, 6.45) is 2.67. The molecule has 0 fully saturated rings. The fourth-order valence-electron chi connectivity index (χ4n) is 3.09. The van der Waals surface area contributed by atoms with Crippen LogP contribution in [0.25, 0.3) is 10.9 Å². The summed E-state index contributed by atoms with van der Waals surface area (Å²) in [6, 6.07) is 5.45. The van der Waals surface area contributed by atoms with Crippen molar-refractivity contribution >= 4 is 22.9 Å². The first-order valence-electron chi connectivity index (χ1n) is 9.81. The highest BCUT2D eigenvalue weighted by atomic mass is 16.6. The third-order valence-corrected chi connectivity index (χ3v) is 4.51. The molecule has 0 aliphatic heterocycles. The number of carbonyl (C=O) groups excluding carboxylic acids is 2. The fraction of sp³-hybridized carbons (Fsp3) is 0.545. The van der Waals surface area contributed by atoms with Crippen LogP contribution in [0.1, 0.15) is 50.0 Å². The number of aryl methyl sites for hydroxylation is 1. The molecule has 1 heterocycles. The van der Waals surface area contributed by atoms with Gasteiger partial charge >= 0.3 is 6.09 Å². The number of rotatable bonds is 6. The molecule has 154 valence electrons. The molecular formula is C22H33N3O3. The Morgan fingerprint density at radius 1 is 1.25 bits per heavy atom. The van der Waals surface area contributed by atoms with Crippen molar-refractivity contribution < 1.29 is 14.3 Å². The van der Waals surface area contributed by atoms with Gasteiger partial charge in [0.25, 0.3) is 5.91 Å². The van der Waals surface area contributed by atoms with E-state index in [1.54, 1.807) is 25.3 Å². The summed E-state index contributed by atoms with van der Waals surface area (Å²) >= 11 is 0. The van der Waals surface area contributed by atoms with Crippen LogP contribution < -0.4 is 5.32 Å². The zero-order chi connectivity index (χ0) is 21.1. The van der Waals surface area contributed by atoms with Crippen LogP contribution >= 0.6 is 0 Å². The average Bonchev–Trinajstić information content (AvgIpc) is 2.93. The number of nitrogens with one attached hydrogen (secondary N) is 1. The molecule has 2 rings (SSSR count). The van der Waals surface area contributed by atoms with Crippen LogP contribution in [0, 0.1) is 6.92 Å². The lowest BCUT2D eigenvalue weighted by Gasteiger charge is -2.22. The minimum atomic E-state index is -0.645. The number of hydrogen-bond acceptors (Lipinski definition) is 4. The van der Waals surface area contributed by atoms with Crippen LogP contribution in [-0.4, -0.2) is 53.8 Å². The van der Waals surface area contributed by atoms with Gasteiger partial charge in [-0.15, -0.1) is 0 Å². The zero-order valence-electron chi connectivity index (χ0n) is 18.1. The lowest BCUT2D eigenvalue weighted by atomic mass is 10.1. The second kappa shape index (κ2) is 8.78. The maximum atomic E-state index is 13.2. The van der Waals surface area contributed by atoms with Gasteiger partial charge in [0, 0.05) is 18.1 Å². The number of likely N-dealkylation sites (N-methyl/N-ethyl adjacent to an activating group) is 1. The summed E-state index contributed by atoms with van der Waals surface area (Å²) in [5, 5.41) is 3.80. The molecule has 1 N–H and O–H groups in total. The number of carbonyl (C=O) groups is 2. The Bertz CT molecular complexity index is 847. The van der Waals surface area contributed by atoms with Crippen LogP contribution in [0.4, 0.5) is 4.79 Å². The van der Waals surface area contributed by atoms with Gasteiger partial charge in [0.2, 0.25) is 0 Å². The van der Waals surface area contributed by atoms with Crippen LogP contribution in [0.3, 0.4) is 0 Å². The van der Waals surface area contributed by atoms with Crippen molar-refractivity contribution in [1.29, 1.82) is 0 Å². The Balaban J connectivity index is 2.33. The molecular weight excluding hydrogens is 354 g/mol. The molecule has 28 heavy (non-hydrogen) atoms. The highest BCUT2D eigenvalue weighted by Crippen LogP contribution is 2.24. The second-order valence-electron chi connectivity index (χ2n) is 8.54. The van der Waals surface area contributed by atoms with Crippen molar-refractivity contribution in [2.45, 2.75) is 59.1 Å². The van der Waals surface area contributed by atoms with Crippen LogP contribution in [0.15, 0.2) is 24.4 Å². The van der Waals surface area contributed by atoms with Gasteiger partial charge in [-0.25, -0.2) is 4.79 Å². The molecule has 0 saturated carbocycles. The summed E-state index contributed by atoms with van der Waals surface area (Å²) in [5.41, 5.74) is 2.55. The van der Waals surface area contributed by atoms with Crippen molar-refractivity contribution in [3.05, 3.63) is 35.5 Å². The van der Waals surface area contributed by atoms with E-state index in [4.69, 9.17) is 4.74 Å². The van der Waals surface area contributed by atoms with Gasteiger partial charge in [-0.05, 0) is 72.3 Å². The van der Waals surface area contributed by atoms with Crippen molar-refractivity contribution in [1.82, 2.24) is 14.8 Å². The number of benzene rings is 1. The molecule has 1 atom stereocenters. The molecule has 6 heteroatoms. The summed E-state index contributed by atoms with van der Waals surface area (Å²) in [4.78, 5) is 27.5. The van der Waals surface area contributed by atoms with E-state index in [1.165, 1.54) is 0 Å². The van der Waals surface area contributed by atoms with Gasteiger partial charge in [0.1, 0.15) is 11.6 Å². The quantitative estimate of drug-likeness (QED) is 0.814. The molecule has 6 nitrogen and oxygen atoms in total. The molecule has 0 aliphatic carbocycles. The van der Waals surface area contributed by atoms with Gasteiger partial charge in [0.15, 0.2) is 0 Å². The summed E-state index contributed by atoms with van der Waals surface area (Å²) in [5.74, 6) is -0.154. The smallest absolute Gasteiger partial charge is 0.408 e. The van der Waals surface area contributed by atoms with E-state index in [9.17, 15) is 9.59 Å². The molecule has 0 aliphatic rings. The normalized spacial score (nSPS) is 13.0. The Kier molecular flexibility index (Phi) is 6.88. The van der Waals surface area contributed by atoms with Crippen LogP contribution in [0.5, 0.6) is 0 Å². The van der Waals surface area contributed by atoms with Crippen molar-refractivity contribution in [3.8, 4) is 0 Å². The minimum absolute atomic E-state index is 0.154. The standard InChI is InChI=1S/C22H33N3O3/c1-8-18(23-21(27)28-22(3,4)5)20(26)25-14-16(11-12-24(6)7)17-13-15(2)9-10-19(17)25/h9-10,13-14,18H,8,11-12H2,1-7H3,(H,23,27). The second-order valence-corrected chi connectivity index (χ2v) is 8.54. The number of ether oxygens (including phenoxy) is 1. The summed E-state index contributed by atoms with van der Waals surface area (Å²) in [7, 11) is 4.07. The largest absolute Gasteiger partial charge is 0.444 e. The number of amides is 1. The number of fused-ring (bicyclic) bond motifs is 1. The van der Waals surface area contributed by atoms with Crippen LogP contribution in [-0.2, 0) is 11.2 Å². The van der Waals surface area contributed by atoms with Gasteiger partial charge in [0.05, 0.1) is 5.52 Å². The molecule has 0 radical (unpaired) electrons. The predicted molar refractivity (Wildman–Crippen MR) is 113 cm³/mol. The third kappa shape index (κ3) is 5.58. The van der Waals surface area contributed by atoms with Crippen molar-refractivity contribution in [2.75, 3.05) is 20.6 Å². The van der Waals surface area contributed by atoms with E-state index < -0.39 is 17.7 Å². The first-order chi connectivity index (χ1) is 13.0. The summed E-state index contributed by atoms with van der Waals surface area (Å²) < 4.78 is 6.98. The van der Waals surface area contributed by atoms with E-state index in [0.717, 1.165) is 35.0 Å². The van der Waals surface area contributed by atoms with Crippen molar-refractivity contribution in [3.63, 3.8) is 0 Å². The topological polar surface area (TPSA) is 63.6 Å². The van der Waals surface area contributed by atoms with E-state index in [2.05, 4.69) is 16.3 Å². The van der Waals surface area contributed by atoms with E-state index in [-0.39, 0.29) is 5.91 Å². The highest BCUT2D eigenvalue weighted by Gasteiger charge is 2.25. The molecule has 1 amide bonds. The monoisotopic (exact) mass is 387 g/mol. The first-order valence-corrected chi connectivity index (χ1v) is 9.81. The highest BCUT2D eigenvalue weighted by molar-refractivity contribution is 5.98. The maximum Gasteiger partial charge on any atom is 0.408 e. The van der Waals surface area contributed by atoms with Crippen LogP contribution in [0.2, 0.25) is 0 Å². The molecule has 0 spiro atoms. The Morgan fingerprint density at radius 3 is 2.50 bits per heavy atom. The fourth-order valence-corrected chi connectivity index (χ4v) is 3.09. The Hall–Kier alpha value is -2.34. The zero-order valence-corrected chi connectivity index (χ0v) is 18.1. The number of alkyl carbamates (subject to hydrolysis) is 1. The molecule has 2 aromatic rings. The predicted octanol–water partition coefficient (Wildman–Crippen LogP) is 4.00. The molecule has 0 saturated heterocycles. The van der Waals surface area contributed by atoms with E-state index in [1.807, 2.05) is 46.3 Å². The lowest BCUT2D eigenvalue weighted by molar-refractivity contribution is 0.0481. The average molecular weight is 388 g/mol. The third-order valence-electron chi connectivity index (χ3n) is 4.51. The van der Waals surface area contributed by atoms with Crippen molar-refractivity contribution in [2.24, 2.45) is 0 Å². The Morgan fingerprint density at radius 2 is 1.93 bits per heavy atom.